The first-order valence-corrected chi connectivity index (χ1v) is 5.96. The Morgan fingerprint density at radius 2 is 2.15 bits per heavy atom. The number of rotatable bonds is 6. The maximum absolute atomic E-state index is 10.9. The van der Waals surface area contributed by atoms with Crippen molar-refractivity contribution in [2.45, 2.75) is 13.5 Å². The van der Waals surface area contributed by atoms with Gasteiger partial charge in [-0.15, -0.1) is 10.2 Å². The molecule has 0 radical (unpaired) electrons. The maximum Gasteiger partial charge on any atom is 0.335 e. The molecule has 106 valence electrons. The third-order valence-electron chi connectivity index (χ3n) is 2.40. The highest BCUT2D eigenvalue weighted by molar-refractivity contribution is 5.88. The van der Waals surface area contributed by atoms with E-state index in [1.807, 2.05) is 0 Å². The largest absolute Gasteiger partial charge is 0.490 e. The number of nitrogens with zero attached hydrogens (tertiary/aromatic N) is 4. The molecule has 2 rings (SSSR count). The minimum atomic E-state index is -1.02. The molecular weight excluding hydrogens is 264 g/mol. The van der Waals surface area contributed by atoms with Crippen LogP contribution in [0, 0.1) is 0 Å². The van der Waals surface area contributed by atoms with Gasteiger partial charge in [-0.2, -0.15) is 4.80 Å². The number of hydrogen-bond acceptors (Lipinski definition) is 6. The van der Waals surface area contributed by atoms with Crippen LogP contribution in [0.5, 0.6) is 11.5 Å². The topological polar surface area (TPSA) is 99.4 Å². The lowest BCUT2D eigenvalue weighted by Gasteiger charge is -2.11. The van der Waals surface area contributed by atoms with Gasteiger partial charge in [-0.25, -0.2) is 4.79 Å². The van der Waals surface area contributed by atoms with Gasteiger partial charge < -0.3 is 14.6 Å². The molecule has 0 unspecified atom stereocenters. The molecule has 0 saturated carbocycles. The molecule has 0 aliphatic carbocycles. The van der Waals surface area contributed by atoms with E-state index in [-0.39, 0.29) is 12.2 Å². The van der Waals surface area contributed by atoms with Gasteiger partial charge in [-0.3, -0.25) is 0 Å². The fraction of sp³-hybridized carbons (Fsp3) is 0.333. The predicted molar refractivity (Wildman–Crippen MR) is 67.7 cm³/mol. The summed E-state index contributed by atoms with van der Waals surface area (Å²) in [5, 5.41) is 20.4. The molecule has 1 heterocycles. The summed E-state index contributed by atoms with van der Waals surface area (Å²) in [5.74, 6) is 0.214. The Bertz CT molecular complexity index is 611. The molecule has 0 aliphatic rings. The van der Waals surface area contributed by atoms with Crippen LogP contribution in [0.15, 0.2) is 18.2 Å². The highest BCUT2D eigenvalue weighted by Crippen LogP contribution is 2.29. The van der Waals surface area contributed by atoms with Crippen molar-refractivity contribution in [3.05, 3.63) is 29.6 Å². The maximum atomic E-state index is 10.9. The van der Waals surface area contributed by atoms with Gasteiger partial charge in [-0.1, -0.05) is 0 Å². The van der Waals surface area contributed by atoms with Crippen LogP contribution in [0.1, 0.15) is 23.1 Å². The molecule has 1 N–H and O–H groups in total. The normalized spacial score (nSPS) is 10.3. The van der Waals surface area contributed by atoms with Gasteiger partial charge in [0.25, 0.3) is 0 Å². The molecule has 0 spiro atoms. The summed E-state index contributed by atoms with van der Waals surface area (Å²) in [6.07, 6.45) is 0. The van der Waals surface area contributed by atoms with Gasteiger partial charge in [0.1, 0.15) is 0 Å². The number of aromatic carboxylic acids is 1. The quantitative estimate of drug-likeness (QED) is 0.837. The van der Waals surface area contributed by atoms with Gasteiger partial charge in [0.05, 0.1) is 19.2 Å². The van der Waals surface area contributed by atoms with Crippen LogP contribution in [0.25, 0.3) is 0 Å². The zero-order valence-corrected chi connectivity index (χ0v) is 11.1. The molecule has 1 aromatic heterocycles. The van der Waals surface area contributed by atoms with Crippen molar-refractivity contribution in [2.75, 3.05) is 6.61 Å². The summed E-state index contributed by atoms with van der Waals surface area (Å²) >= 11 is 0. The van der Waals surface area contributed by atoms with E-state index in [9.17, 15) is 4.79 Å². The highest BCUT2D eigenvalue weighted by Gasteiger charge is 2.11. The van der Waals surface area contributed by atoms with Crippen molar-refractivity contribution in [3.63, 3.8) is 0 Å². The van der Waals surface area contributed by atoms with Crippen molar-refractivity contribution >= 4 is 5.97 Å². The average Bonchev–Trinajstić information content (AvgIpc) is 2.83. The van der Waals surface area contributed by atoms with Crippen LogP contribution in [0.2, 0.25) is 0 Å². The third kappa shape index (κ3) is 3.22. The van der Waals surface area contributed by atoms with E-state index in [1.165, 1.54) is 16.9 Å². The standard InChI is InChI=1S/C12H14N4O4/c1-3-19-10-6-8(12(17)18)4-5-9(10)20-7-11-13-15-16(2)14-11/h4-6H,3,7H2,1-2H3,(H,17,18). The first-order chi connectivity index (χ1) is 9.60. The summed E-state index contributed by atoms with van der Waals surface area (Å²) in [6, 6.07) is 4.42. The van der Waals surface area contributed by atoms with Crippen molar-refractivity contribution in [2.24, 2.45) is 7.05 Å². The van der Waals surface area contributed by atoms with E-state index in [0.717, 1.165) is 0 Å². The van der Waals surface area contributed by atoms with E-state index in [0.29, 0.717) is 23.9 Å². The summed E-state index contributed by atoms with van der Waals surface area (Å²) in [5.41, 5.74) is 0.137. The Labute approximate surface area is 114 Å². The predicted octanol–water partition coefficient (Wildman–Crippen LogP) is 0.886. The Morgan fingerprint density at radius 1 is 1.35 bits per heavy atom. The van der Waals surface area contributed by atoms with Crippen LogP contribution in [0.3, 0.4) is 0 Å². The molecule has 1 aromatic carbocycles. The molecule has 0 atom stereocenters. The molecular formula is C12H14N4O4. The van der Waals surface area contributed by atoms with E-state index >= 15 is 0 Å². The van der Waals surface area contributed by atoms with E-state index < -0.39 is 5.97 Å². The molecule has 0 saturated heterocycles. The number of carboxylic acids is 1. The molecule has 8 nitrogen and oxygen atoms in total. The lowest BCUT2D eigenvalue weighted by atomic mass is 10.2. The first-order valence-electron chi connectivity index (χ1n) is 5.96. The Hall–Kier alpha value is -2.64. The third-order valence-corrected chi connectivity index (χ3v) is 2.40. The second-order valence-corrected chi connectivity index (χ2v) is 3.88. The van der Waals surface area contributed by atoms with Gasteiger partial charge in [0.15, 0.2) is 18.1 Å². The van der Waals surface area contributed by atoms with E-state index in [2.05, 4.69) is 15.4 Å². The van der Waals surface area contributed by atoms with Gasteiger partial charge in [-0.05, 0) is 30.3 Å². The van der Waals surface area contributed by atoms with Gasteiger partial charge in [0, 0.05) is 0 Å². The van der Waals surface area contributed by atoms with Crippen LogP contribution in [-0.2, 0) is 13.7 Å². The number of aryl methyl sites for hydroxylation is 1. The van der Waals surface area contributed by atoms with Crippen molar-refractivity contribution in [1.82, 2.24) is 20.2 Å². The summed E-state index contributed by atoms with van der Waals surface area (Å²) in [4.78, 5) is 12.3. The Morgan fingerprint density at radius 3 is 2.75 bits per heavy atom. The number of ether oxygens (including phenoxy) is 2. The molecule has 8 heteroatoms. The van der Waals surface area contributed by atoms with Crippen molar-refractivity contribution < 1.29 is 19.4 Å². The monoisotopic (exact) mass is 278 g/mol. The number of tetrazole rings is 1. The van der Waals surface area contributed by atoms with Crippen molar-refractivity contribution in [3.8, 4) is 11.5 Å². The van der Waals surface area contributed by atoms with E-state index in [1.54, 1.807) is 20.0 Å². The minimum absolute atomic E-state index is 0.125. The van der Waals surface area contributed by atoms with Gasteiger partial charge >= 0.3 is 5.97 Å². The van der Waals surface area contributed by atoms with Crippen LogP contribution < -0.4 is 9.47 Å². The highest BCUT2D eigenvalue weighted by atomic mass is 16.5. The molecule has 2 aromatic rings. The molecule has 0 amide bonds. The molecule has 20 heavy (non-hydrogen) atoms. The second-order valence-electron chi connectivity index (χ2n) is 3.88. The number of aromatic nitrogens is 4. The zero-order chi connectivity index (χ0) is 14.5. The Balaban J connectivity index is 2.15. The lowest BCUT2D eigenvalue weighted by molar-refractivity contribution is 0.0696. The SMILES string of the molecule is CCOc1cc(C(=O)O)ccc1OCc1nnn(C)n1. The number of hydrogen-bond donors (Lipinski definition) is 1. The first kappa shape index (κ1) is 13.8. The summed E-state index contributed by atoms with van der Waals surface area (Å²) < 4.78 is 10.9. The average molecular weight is 278 g/mol. The number of carbonyl (C=O) groups is 1. The van der Waals surface area contributed by atoms with E-state index in [4.69, 9.17) is 14.6 Å². The number of carboxylic acid groups (broad SMARTS) is 1. The molecule has 0 aliphatic heterocycles. The minimum Gasteiger partial charge on any atom is -0.490 e. The molecule has 0 bridgehead atoms. The zero-order valence-electron chi connectivity index (χ0n) is 11.1. The van der Waals surface area contributed by atoms with Crippen LogP contribution in [-0.4, -0.2) is 37.9 Å². The molecule has 0 fully saturated rings. The lowest BCUT2D eigenvalue weighted by Crippen LogP contribution is -2.03. The van der Waals surface area contributed by atoms with Crippen LogP contribution >= 0.6 is 0 Å². The van der Waals surface area contributed by atoms with Crippen molar-refractivity contribution in [1.29, 1.82) is 0 Å². The summed E-state index contributed by atoms with van der Waals surface area (Å²) in [6.45, 7) is 2.34. The fourth-order valence-electron chi connectivity index (χ4n) is 1.55. The van der Waals surface area contributed by atoms with Crippen LogP contribution in [0.4, 0.5) is 0 Å². The fourth-order valence-corrected chi connectivity index (χ4v) is 1.55. The van der Waals surface area contributed by atoms with Gasteiger partial charge in [0.2, 0.25) is 5.82 Å². The summed E-state index contributed by atoms with van der Waals surface area (Å²) in [7, 11) is 1.66. The second kappa shape index (κ2) is 6.00. The smallest absolute Gasteiger partial charge is 0.335 e. The Kier molecular flexibility index (Phi) is 4.14. The number of benzene rings is 1.